The fraction of sp³-hybridized carbons (Fsp3) is 0.137. The molecule has 7 aromatic heterocycles. The summed E-state index contributed by atoms with van der Waals surface area (Å²) in [5, 5.41) is 23.0. The summed E-state index contributed by atoms with van der Waals surface area (Å²) in [6, 6.07) is 68.7. The maximum atomic E-state index is 13.1. The van der Waals surface area contributed by atoms with Crippen molar-refractivity contribution in [3.05, 3.63) is 228 Å². The molecule has 0 amide bonds. The van der Waals surface area contributed by atoms with Crippen LogP contribution in [0.1, 0.15) is 75.4 Å². The highest BCUT2D eigenvalue weighted by Gasteiger charge is 2.46. The molecule has 388 valence electrons. The minimum Gasteiger partial charge on any atom is -0.308 e. The van der Waals surface area contributed by atoms with Crippen molar-refractivity contribution >= 4 is 104 Å². The molecule has 8 nitrogen and oxygen atoms in total. The molecular weight excluding hydrogens is 989 g/mol. The molecule has 0 saturated heterocycles. The van der Waals surface area contributed by atoms with Gasteiger partial charge in [-0.3, -0.25) is 4.57 Å². The van der Waals surface area contributed by atoms with Crippen LogP contribution in [0.3, 0.4) is 0 Å². The van der Waals surface area contributed by atoms with Crippen LogP contribution in [0.5, 0.6) is 0 Å². The van der Waals surface area contributed by atoms with E-state index in [1.165, 1.54) is 16.5 Å². The Bertz CT molecular complexity index is 5200. The summed E-state index contributed by atoms with van der Waals surface area (Å²) in [6.07, 6.45) is 9.98. The predicted molar refractivity (Wildman–Crippen MR) is 336 cm³/mol. The van der Waals surface area contributed by atoms with E-state index in [0.29, 0.717) is 5.56 Å². The Morgan fingerprint density at radius 1 is 0.420 bits per heavy atom. The molecule has 0 bridgehead atoms. The standard InChI is InChI=1S/C73H56N8/c1-7-22-57-44(2)47-35-36-52-50-29-16-19-34-60(50)80(66(52)64(47)77(57)45-23-10-8-11-24-45)68-56(43-74)63(61-62(73(5,6)40-39-72(61,3)4)69(68)81-70-54(30-20-41-75-70)55-31-21-42-76-71(55)81)79-59-33-18-15-28-49(59)53-38-37-51-48-27-14-17-32-58(48)78(65(51)67(53)79)46-25-12-9-13-26-46/h7-38,41-42H,39-40H2,1-6H3. The Labute approximate surface area is 468 Å². The molecule has 0 aliphatic heterocycles. The Morgan fingerprint density at radius 2 is 0.827 bits per heavy atom. The van der Waals surface area contributed by atoms with Crippen LogP contribution in [-0.4, -0.2) is 32.8 Å². The van der Waals surface area contributed by atoms with E-state index >= 15 is 0 Å². The van der Waals surface area contributed by atoms with Gasteiger partial charge in [-0.05, 0) is 127 Å². The molecule has 1 aliphatic rings. The second kappa shape index (κ2) is 17.0. The summed E-state index contributed by atoms with van der Waals surface area (Å²) >= 11 is 0. The normalized spacial score (nSPS) is 14.3. The molecule has 8 aromatic carbocycles. The maximum Gasteiger partial charge on any atom is 0.146 e. The lowest BCUT2D eigenvalue weighted by Crippen LogP contribution is -2.37. The lowest BCUT2D eigenvalue weighted by molar-refractivity contribution is 0.330. The van der Waals surface area contributed by atoms with E-state index < -0.39 is 10.8 Å². The first kappa shape index (κ1) is 47.1. The van der Waals surface area contributed by atoms with E-state index in [0.717, 1.165) is 146 Å². The van der Waals surface area contributed by atoms with E-state index in [-0.39, 0.29) is 0 Å². The highest BCUT2D eigenvalue weighted by molar-refractivity contribution is 6.25. The zero-order valence-corrected chi connectivity index (χ0v) is 46.1. The number of fused-ring (bicyclic) bond motifs is 16. The number of aryl methyl sites for hydroxylation is 1. The highest BCUT2D eigenvalue weighted by atomic mass is 15.2. The van der Waals surface area contributed by atoms with Crippen LogP contribution >= 0.6 is 0 Å². The van der Waals surface area contributed by atoms with Crippen molar-refractivity contribution in [3.8, 4) is 34.5 Å². The molecule has 8 heteroatoms. The van der Waals surface area contributed by atoms with Crippen LogP contribution < -0.4 is 0 Å². The fourth-order valence-electron chi connectivity index (χ4n) is 14.6. The first-order valence-electron chi connectivity index (χ1n) is 28.2. The van der Waals surface area contributed by atoms with Gasteiger partial charge in [0.1, 0.15) is 22.9 Å². The zero-order valence-electron chi connectivity index (χ0n) is 46.1. The van der Waals surface area contributed by atoms with E-state index in [4.69, 9.17) is 9.97 Å². The van der Waals surface area contributed by atoms with Crippen molar-refractivity contribution in [2.24, 2.45) is 0 Å². The number of allylic oxidation sites excluding steroid dienone is 1. The number of nitriles is 1. The van der Waals surface area contributed by atoms with Gasteiger partial charge in [-0.25, -0.2) is 9.97 Å². The van der Waals surface area contributed by atoms with E-state index in [1.54, 1.807) is 0 Å². The number of rotatable bonds is 6. The van der Waals surface area contributed by atoms with E-state index in [1.807, 2.05) is 24.5 Å². The zero-order chi connectivity index (χ0) is 54.6. The average Bonchev–Trinajstić information content (AvgIpc) is 2.07. The topological polar surface area (TPSA) is 74.2 Å². The molecule has 0 saturated carbocycles. The van der Waals surface area contributed by atoms with Crippen LogP contribution in [-0.2, 0) is 10.8 Å². The number of para-hydroxylation sites is 5. The molecule has 7 heterocycles. The van der Waals surface area contributed by atoms with Gasteiger partial charge in [-0.1, -0.05) is 149 Å². The number of hydrogen-bond acceptors (Lipinski definition) is 3. The summed E-state index contributed by atoms with van der Waals surface area (Å²) < 4.78 is 12.2. The average molecular weight is 1050 g/mol. The van der Waals surface area contributed by atoms with Crippen molar-refractivity contribution < 1.29 is 0 Å². The minimum absolute atomic E-state index is 0.439. The number of nitrogens with zero attached hydrogens (tertiary/aromatic N) is 8. The van der Waals surface area contributed by atoms with Gasteiger partial charge in [0.15, 0.2) is 0 Å². The summed E-state index contributed by atoms with van der Waals surface area (Å²) in [5.41, 5.74) is 18.0. The van der Waals surface area contributed by atoms with Crippen LogP contribution in [0.15, 0.2) is 200 Å². The summed E-state index contributed by atoms with van der Waals surface area (Å²) in [5.74, 6) is 0. The van der Waals surface area contributed by atoms with Crippen LogP contribution in [0.4, 0.5) is 0 Å². The Morgan fingerprint density at radius 3 is 1.33 bits per heavy atom. The van der Waals surface area contributed by atoms with Gasteiger partial charge in [0.05, 0.1) is 55.7 Å². The van der Waals surface area contributed by atoms with Gasteiger partial charge < -0.3 is 18.3 Å². The molecule has 0 N–H and O–H groups in total. The maximum absolute atomic E-state index is 13.1. The van der Waals surface area contributed by atoms with Crippen molar-refractivity contribution in [3.63, 3.8) is 0 Å². The summed E-state index contributed by atoms with van der Waals surface area (Å²) in [4.78, 5) is 10.7. The SMILES string of the molecule is CC=Cc1c(C)c2ccc3c4ccccc4n(-c4c(C#N)c(-n5c6ccccc6c6ccc7c8ccccc8n(-c8ccccc8)c7c65)c5c(c4-n4c6ncccc6c6cccnc64)C(C)(C)CCC5(C)C)c3c2n1-c1ccccc1. The van der Waals surface area contributed by atoms with Crippen molar-refractivity contribution in [2.45, 2.75) is 65.2 Å². The summed E-state index contributed by atoms with van der Waals surface area (Å²) in [7, 11) is 0. The van der Waals surface area contributed by atoms with Gasteiger partial charge in [0.2, 0.25) is 0 Å². The van der Waals surface area contributed by atoms with Gasteiger partial charge >= 0.3 is 0 Å². The highest BCUT2D eigenvalue weighted by Crippen LogP contribution is 2.57. The largest absolute Gasteiger partial charge is 0.308 e. The third-order valence-corrected chi connectivity index (χ3v) is 18.1. The molecule has 0 radical (unpaired) electrons. The van der Waals surface area contributed by atoms with Gasteiger partial charge in [0, 0.05) is 77.9 Å². The van der Waals surface area contributed by atoms with Crippen LogP contribution in [0.25, 0.3) is 133 Å². The minimum atomic E-state index is -0.439. The van der Waals surface area contributed by atoms with Gasteiger partial charge in [-0.15, -0.1) is 0 Å². The second-order valence-electron chi connectivity index (χ2n) is 23.4. The first-order valence-corrected chi connectivity index (χ1v) is 28.2. The lowest BCUT2D eigenvalue weighted by Gasteiger charge is -2.45. The van der Waals surface area contributed by atoms with Crippen LogP contribution in [0, 0.1) is 18.3 Å². The fourth-order valence-corrected chi connectivity index (χ4v) is 14.6. The Balaban J connectivity index is 1.23. The molecule has 0 fully saturated rings. The van der Waals surface area contributed by atoms with E-state index in [9.17, 15) is 5.26 Å². The molecule has 1 aliphatic carbocycles. The lowest BCUT2D eigenvalue weighted by atomic mass is 9.61. The van der Waals surface area contributed by atoms with Crippen molar-refractivity contribution in [2.75, 3.05) is 0 Å². The molecule has 0 atom stereocenters. The number of benzene rings is 8. The van der Waals surface area contributed by atoms with Crippen molar-refractivity contribution in [1.82, 2.24) is 32.8 Å². The molecule has 0 spiro atoms. The molecular formula is C73H56N8. The second-order valence-corrected chi connectivity index (χ2v) is 23.4. The molecule has 16 rings (SSSR count). The van der Waals surface area contributed by atoms with Gasteiger partial charge in [0.25, 0.3) is 0 Å². The Hall–Kier alpha value is -9.97. The monoisotopic (exact) mass is 1040 g/mol. The third-order valence-electron chi connectivity index (χ3n) is 18.1. The number of pyridine rings is 2. The van der Waals surface area contributed by atoms with E-state index in [2.05, 4.69) is 252 Å². The third kappa shape index (κ3) is 6.29. The number of hydrogen-bond donors (Lipinski definition) is 0. The first-order chi connectivity index (χ1) is 39.6. The smallest absolute Gasteiger partial charge is 0.146 e. The summed E-state index contributed by atoms with van der Waals surface area (Å²) in [6.45, 7) is 14.0. The quantitative estimate of drug-likeness (QED) is 0.167. The number of aromatic nitrogens is 7. The molecule has 81 heavy (non-hydrogen) atoms. The van der Waals surface area contributed by atoms with Crippen molar-refractivity contribution in [1.29, 1.82) is 5.26 Å². The Kier molecular flexibility index (Phi) is 9.89. The molecule has 0 unspecified atom stereocenters. The van der Waals surface area contributed by atoms with Gasteiger partial charge in [-0.2, -0.15) is 5.26 Å². The molecule has 15 aromatic rings. The van der Waals surface area contributed by atoms with Crippen LogP contribution in [0.2, 0.25) is 0 Å². The predicted octanol–water partition coefficient (Wildman–Crippen LogP) is 18.4.